The van der Waals surface area contributed by atoms with Crippen molar-refractivity contribution in [1.29, 1.82) is 0 Å². The molecule has 0 bridgehead atoms. The summed E-state index contributed by atoms with van der Waals surface area (Å²) in [6.45, 7) is -0.922. The molecule has 2 rings (SSSR count). The van der Waals surface area contributed by atoms with Crippen molar-refractivity contribution >= 4 is 22.7 Å². The number of carbonyl (C=O) groups excluding carboxylic acids is 2. The minimum Gasteiger partial charge on any atom is -0.460 e. The van der Waals surface area contributed by atoms with Gasteiger partial charge in [0.2, 0.25) is 0 Å². The predicted molar refractivity (Wildman–Crippen MR) is 78.7 cm³/mol. The van der Waals surface area contributed by atoms with Gasteiger partial charge in [0, 0.05) is 0 Å². The lowest BCUT2D eigenvalue weighted by molar-refractivity contribution is 0.0391. The summed E-state index contributed by atoms with van der Waals surface area (Å²) in [5.41, 5.74) is 0.157. The minimum absolute atomic E-state index is 0.0649. The van der Waals surface area contributed by atoms with Gasteiger partial charge in [-0.05, 0) is 16.8 Å². The van der Waals surface area contributed by atoms with E-state index >= 15 is 0 Å². The van der Waals surface area contributed by atoms with Crippen molar-refractivity contribution in [2.75, 3.05) is 26.4 Å². The summed E-state index contributed by atoms with van der Waals surface area (Å²) in [4.78, 5) is 24.3. The van der Waals surface area contributed by atoms with E-state index in [0.717, 1.165) is 5.39 Å². The molecule has 2 aromatic carbocycles. The van der Waals surface area contributed by atoms with Crippen LogP contribution in [0.3, 0.4) is 0 Å². The summed E-state index contributed by atoms with van der Waals surface area (Å²) in [5, 5.41) is 18.8. The summed E-state index contributed by atoms with van der Waals surface area (Å²) in [7, 11) is 0. The molecule has 0 aliphatic carbocycles. The molecule has 0 heterocycles. The van der Waals surface area contributed by atoms with Crippen LogP contribution in [-0.4, -0.2) is 48.6 Å². The van der Waals surface area contributed by atoms with Gasteiger partial charge >= 0.3 is 11.9 Å². The summed E-state index contributed by atoms with van der Waals surface area (Å²) in [5.74, 6) is -1.42. The van der Waals surface area contributed by atoms with Crippen molar-refractivity contribution in [3.63, 3.8) is 0 Å². The van der Waals surface area contributed by atoms with Crippen molar-refractivity contribution in [1.82, 2.24) is 0 Å². The number of aliphatic hydroxyl groups excluding tert-OH is 2. The lowest BCUT2D eigenvalue weighted by Crippen LogP contribution is -2.17. The highest BCUT2D eigenvalue weighted by molar-refractivity contribution is 6.12. The predicted octanol–water partition coefficient (Wildman–Crippen LogP) is 1.14. The second-order valence-corrected chi connectivity index (χ2v) is 4.43. The molecule has 0 saturated heterocycles. The van der Waals surface area contributed by atoms with Crippen LogP contribution in [0, 0.1) is 0 Å². The van der Waals surface area contributed by atoms with E-state index in [2.05, 4.69) is 0 Å². The lowest BCUT2D eigenvalue weighted by atomic mass is 9.99. The monoisotopic (exact) mass is 304 g/mol. The molecule has 22 heavy (non-hydrogen) atoms. The third kappa shape index (κ3) is 3.41. The fourth-order valence-corrected chi connectivity index (χ4v) is 2.09. The van der Waals surface area contributed by atoms with E-state index in [4.69, 9.17) is 19.7 Å². The van der Waals surface area contributed by atoms with Crippen LogP contribution in [0.25, 0.3) is 10.8 Å². The van der Waals surface area contributed by atoms with Gasteiger partial charge in [-0.1, -0.05) is 30.3 Å². The molecule has 0 aliphatic heterocycles. The molecule has 0 unspecified atom stereocenters. The van der Waals surface area contributed by atoms with Crippen LogP contribution < -0.4 is 0 Å². The van der Waals surface area contributed by atoms with Crippen molar-refractivity contribution in [2.45, 2.75) is 0 Å². The Morgan fingerprint density at radius 2 is 1.50 bits per heavy atom. The summed E-state index contributed by atoms with van der Waals surface area (Å²) in [6, 6.07) is 10.3. The molecular weight excluding hydrogens is 288 g/mol. The van der Waals surface area contributed by atoms with Crippen LogP contribution in [0.15, 0.2) is 36.4 Å². The smallest absolute Gasteiger partial charge is 0.339 e. The first-order valence-corrected chi connectivity index (χ1v) is 6.76. The van der Waals surface area contributed by atoms with E-state index in [1.807, 2.05) is 6.07 Å². The van der Waals surface area contributed by atoms with Crippen LogP contribution in [0.1, 0.15) is 20.7 Å². The Hall–Kier alpha value is -2.44. The second kappa shape index (κ2) is 7.53. The van der Waals surface area contributed by atoms with Gasteiger partial charge in [0.1, 0.15) is 13.2 Å². The maximum Gasteiger partial charge on any atom is 0.339 e. The average Bonchev–Trinajstić information content (AvgIpc) is 2.56. The molecule has 0 radical (unpaired) electrons. The quantitative estimate of drug-likeness (QED) is 0.777. The van der Waals surface area contributed by atoms with Crippen LogP contribution in [0.5, 0.6) is 0 Å². The zero-order chi connectivity index (χ0) is 15.9. The Labute approximate surface area is 126 Å². The number of esters is 2. The summed E-state index contributed by atoms with van der Waals surface area (Å²) in [6.07, 6.45) is 0. The third-order valence-corrected chi connectivity index (χ3v) is 3.00. The molecule has 0 spiro atoms. The van der Waals surface area contributed by atoms with E-state index in [1.54, 1.807) is 24.3 Å². The summed E-state index contributed by atoms with van der Waals surface area (Å²) >= 11 is 0. The molecule has 2 aromatic rings. The van der Waals surface area contributed by atoms with Gasteiger partial charge < -0.3 is 19.7 Å². The number of aliphatic hydroxyl groups is 2. The van der Waals surface area contributed by atoms with Crippen molar-refractivity contribution in [3.8, 4) is 0 Å². The Bertz CT molecular complexity index is 679. The van der Waals surface area contributed by atoms with E-state index in [-0.39, 0.29) is 37.6 Å². The third-order valence-electron chi connectivity index (χ3n) is 3.00. The standard InChI is InChI=1S/C16H16O6/c17-7-9-21-15(19)13-6-5-11-3-1-2-4-12(11)14(13)16(20)22-10-8-18/h1-6,17-18H,7-10H2. The van der Waals surface area contributed by atoms with E-state index < -0.39 is 11.9 Å². The largest absolute Gasteiger partial charge is 0.460 e. The number of carbonyl (C=O) groups is 2. The molecule has 0 atom stereocenters. The second-order valence-electron chi connectivity index (χ2n) is 4.43. The molecule has 2 N–H and O–H groups in total. The lowest BCUT2D eigenvalue weighted by Gasteiger charge is -2.12. The number of ether oxygens (including phenoxy) is 2. The van der Waals surface area contributed by atoms with Crippen molar-refractivity contribution in [2.24, 2.45) is 0 Å². The van der Waals surface area contributed by atoms with Crippen molar-refractivity contribution < 1.29 is 29.3 Å². The van der Waals surface area contributed by atoms with Gasteiger partial charge in [-0.25, -0.2) is 9.59 Å². The zero-order valence-electron chi connectivity index (χ0n) is 11.8. The molecule has 6 heteroatoms. The average molecular weight is 304 g/mol. The fourth-order valence-electron chi connectivity index (χ4n) is 2.09. The molecular formula is C16H16O6. The maximum absolute atomic E-state index is 12.2. The number of rotatable bonds is 6. The van der Waals surface area contributed by atoms with Gasteiger partial charge in [-0.2, -0.15) is 0 Å². The fraction of sp³-hybridized carbons (Fsp3) is 0.250. The first-order chi connectivity index (χ1) is 10.7. The molecule has 0 fully saturated rings. The Kier molecular flexibility index (Phi) is 5.46. The molecule has 116 valence electrons. The van der Waals surface area contributed by atoms with E-state index in [0.29, 0.717) is 5.39 Å². The highest BCUT2D eigenvalue weighted by Crippen LogP contribution is 2.24. The van der Waals surface area contributed by atoms with Crippen molar-refractivity contribution in [3.05, 3.63) is 47.5 Å². The number of hydrogen-bond acceptors (Lipinski definition) is 6. The zero-order valence-corrected chi connectivity index (χ0v) is 11.8. The number of fused-ring (bicyclic) bond motifs is 1. The van der Waals surface area contributed by atoms with Gasteiger partial charge in [0.05, 0.1) is 24.3 Å². The highest BCUT2D eigenvalue weighted by atomic mass is 16.5. The van der Waals surface area contributed by atoms with Crippen LogP contribution in [0.2, 0.25) is 0 Å². The Balaban J connectivity index is 2.50. The van der Waals surface area contributed by atoms with Gasteiger partial charge in [-0.15, -0.1) is 0 Å². The van der Waals surface area contributed by atoms with Gasteiger partial charge in [-0.3, -0.25) is 0 Å². The number of hydrogen-bond donors (Lipinski definition) is 2. The van der Waals surface area contributed by atoms with Crippen LogP contribution >= 0.6 is 0 Å². The molecule has 0 aliphatic rings. The summed E-state index contributed by atoms with van der Waals surface area (Å²) < 4.78 is 9.81. The highest BCUT2D eigenvalue weighted by Gasteiger charge is 2.22. The maximum atomic E-state index is 12.2. The Morgan fingerprint density at radius 1 is 0.864 bits per heavy atom. The molecule has 0 saturated carbocycles. The Morgan fingerprint density at radius 3 is 2.18 bits per heavy atom. The minimum atomic E-state index is -0.712. The number of benzene rings is 2. The molecule has 6 nitrogen and oxygen atoms in total. The van der Waals surface area contributed by atoms with Crippen LogP contribution in [-0.2, 0) is 9.47 Å². The van der Waals surface area contributed by atoms with Gasteiger partial charge in [0.15, 0.2) is 0 Å². The topological polar surface area (TPSA) is 93.1 Å². The normalized spacial score (nSPS) is 10.5. The van der Waals surface area contributed by atoms with E-state index in [1.165, 1.54) is 6.07 Å². The molecule has 0 amide bonds. The van der Waals surface area contributed by atoms with E-state index in [9.17, 15) is 9.59 Å². The SMILES string of the molecule is O=C(OCCO)c1ccc2ccccc2c1C(=O)OCCO. The molecule has 0 aromatic heterocycles. The van der Waals surface area contributed by atoms with Crippen LogP contribution in [0.4, 0.5) is 0 Å². The first-order valence-electron chi connectivity index (χ1n) is 6.76. The first kappa shape index (κ1) is 15.9. The van der Waals surface area contributed by atoms with Gasteiger partial charge in [0.25, 0.3) is 0 Å².